The fourth-order valence-electron chi connectivity index (χ4n) is 4.57. The number of nitrogens with zero attached hydrogens (tertiary/aromatic N) is 4. The lowest BCUT2D eigenvalue weighted by atomic mass is 9.87. The number of halogens is 1. The molecule has 1 amide bonds. The molecule has 3 fully saturated rings. The van der Waals surface area contributed by atoms with Gasteiger partial charge in [0, 0.05) is 59.3 Å². The quantitative estimate of drug-likeness (QED) is 0.270. The van der Waals surface area contributed by atoms with Crippen LogP contribution in [0.3, 0.4) is 0 Å². The Hall–Kier alpha value is -0.610. The second kappa shape index (κ2) is 10.2. The van der Waals surface area contributed by atoms with Gasteiger partial charge in [0.2, 0.25) is 5.91 Å². The van der Waals surface area contributed by atoms with Gasteiger partial charge >= 0.3 is 0 Å². The average Bonchev–Trinajstić information content (AvgIpc) is 3.37. The maximum atomic E-state index is 12.3. The maximum absolute atomic E-state index is 12.3. The van der Waals surface area contributed by atoms with Gasteiger partial charge in [-0.05, 0) is 38.6 Å². The fourth-order valence-corrected chi connectivity index (χ4v) is 4.57. The molecule has 1 N–H and O–H groups in total. The third-order valence-electron chi connectivity index (χ3n) is 6.13. The van der Waals surface area contributed by atoms with E-state index in [1.165, 1.54) is 12.8 Å². The second-order valence-corrected chi connectivity index (χ2v) is 8.23. The van der Waals surface area contributed by atoms with Crippen molar-refractivity contribution in [1.29, 1.82) is 0 Å². The first-order valence-corrected chi connectivity index (χ1v) is 10.0. The molecule has 0 aliphatic carbocycles. The van der Waals surface area contributed by atoms with Gasteiger partial charge in [-0.25, -0.2) is 0 Å². The van der Waals surface area contributed by atoms with E-state index in [4.69, 9.17) is 4.74 Å². The van der Waals surface area contributed by atoms with Gasteiger partial charge in [0.05, 0.1) is 12.6 Å². The van der Waals surface area contributed by atoms with Gasteiger partial charge in [-0.15, -0.1) is 24.0 Å². The van der Waals surface area contributed by atoms with E-state index in [9.17, 15) is 4.79 Å². The predicted octanol–water partition coefficient (Wildman–Crippen LogP) is 1.23. The first kappa shape index (κ1) is 22.7. The third-order valence-corrected chi connectivity index (χ3v) is 6.13. The molecule has 156 valence electrons. The Morgan fingerprint density at radius 3 is 2.81 bits per heavy atom. The molecule has 1 spiro atoms. The first-order chi connectivity index (χ1) is 12.5. The summed E-state index contributed by atoms with van der Waals surface area (Å²) in [6, 6.07) is 0.0742. The molecule has 3 aliphatic heterocycles. The van der Waals surface area contributed by atoms with Gasteiger partial charge in [0.1, 0.15) is 0 Å². The highest BCUT2D eigenvalue weighted by molar-refractivity contribution is 14.0. The summed E-state index contributed by atoms with van der Waals surface area (Å²) >= 11 is 0. The number of hydrogen-bond donors (Lipinski definition) is 1. The van der Waals surface area contributed by atoms with Crippen LogP contribution in [0, 0.1) is 5.41 Å². The van der Waals surface area contributed by atoms with E-state index >= 15 is 0 Å². The van der Waals surface area contributed by atoms with Crippen LogP contribution < -0.4 is 5.32 Å². The van der Waals surface area contributed by atoms with Crippen LogP contribution in [0.2, 0.25) is 0 Å². The molecule has 0 radical (unpaired) electrons. The van der Waals surface area contributed by atoms with Gasteiger partial charge in [0.25, 0.3) is 0 Å². The Morgan fingerprint density at radius 2 is 2.15 bits per heavy atom. The third kappa shape index (κ3) is 5.47. The lowest BCUT2D eigenvalue weighted by Gasteiger charge is -2.27. The van der Waals surface area contributed by atoms with Crippen molar-refractivity contribution in [2.75, 3.05) is 67.1 Å². The number of aliphatic imine (C=N–C) groups is 1. The summed E-state index contributed by atoms with van der Waals surface area (Å²) in [5.74, 6) is 1.25. The van der Waals surface area contributed by atoms with Crippen molar-refractivity contribution in [3.05, 3.63) is 0 Å². The molecule has 2 unspecified atom stereocenters. The van der Waals surface area contributed by atoms with Crippen molar-refractivity contribution in [2.24, 2.45) is 10.4 Å². The Balaban J connectivity index is 0.00000261. The number of rotatable bonds is 5. The molecule has 3 aliphatic rings. The van der Waals surface area contributed by atoms with Gasteiger partial charge in [-0.1, -0.05) is 0 Å². The minimum Gasteiger partial charge on any atom is -0.381 e. The molecule has 0 aromatic heterocycles. The molecule has 7 nitrogen and oxygen atoms in total. The highest BCUT2D eigenvalue weighted by atomic mass is 127. The van der Waals surface area contributed by atoms with Crippen molar-refractivity contribution in [3.8, 4) is 0 Å². The normalized spacial score (nSPS) is 28.6. The molecule has 0 aromatic carbocycles. The van der Waals surface area contributed by atoms with Crippen molar-refractivity contribution in [1.82, 2.24) is 20.0 Å². The average molecular weight is 493 g/mol. The van der Waals surface area contributed by atoms with Crippen LogP contribution in [0.25, 0.3) is 0 Å². The van der Waals surface area contributed by atoms with Gasteiger partial charge < -0.3 is 19.9 Å². The van der Waals surface area contributed by atoms with Crippen molar-refractivity contribution >= 4 is 35.8 Å². The number of guanidine groups is 1. The molecule has 3 rings (SSSR count). The minimum absolute atomic E-state index is 0. The Bertz CT molecular complexity index is 522. The Morgan fingerprint density at radius 1 is 1.33 bits per heavy atom. The lowest BCUT2D eigenvalue weighted by Crippen LogP contribution is -2.44. The van der Waals surface area contributed by atoms with Crippen LogP contribution in [-0.2, 0) is 9.53 Å². The molecular formula is C19H36IN5O2. The van der Waals surface area contributed by atoms with Crippen LogP contribution in [0.5, 0.6) is 0 Å². The first-order valence-electron chi connectivity index (χ1n) is 10.0. The number of likely N-dealkylation sites (tertiary alicyclic amines) is 2. The standard InChI is InChI=1S/C19H35N5O2.HI/c1-20-18(24-12-7-19(14-24)8-13-26-15-19)21-9-5-11-23-10-4-6-16(23)17(25)22(2)3;/h16H,4-15H2,1-3H3,(H,20,21);1H. The number of nitrogens with one attached hydrogen (secondary N) is 1. The topological polar surface area (TPSA) is 60.4 Å². The maximum Gasteiger partial charge on any atom is 0.239 e. The zero-order valence-electron chi connectivity index (χ0n) is 17.1. The number of amides is 1. The summed E-state index contributed by atoms with van der Waals surface area (Å²) in [6.45, 7) is 6.82. The Kier molecular flexibility index (Phi) is 8.61. The molecular weight excluding hydrogens is 457 g/mol. The highest BCUT2D eigenvalue weighted by Gasteiger charge is 2.42. The van der Waals surface area contributed by atoms with E-state index in [-0.39, 0.29) is 35.9 Å². The largest absolute Gasteiger partial charge is 0.381 e. The van der Waals surface area contributed by atoms with E-state index in [1.807, 2.05) is 21.1 Å². The SMILES string of the molecule is CN=C(NCCCN1CCCC1C(=O)N(C)C)N1CCC2(CCOC2)C1.I. The van der Waals surface area contributed by atoms with Gasteiger partial charge in [0.15, 0.2) is 5.96 Å². The van der Waals surface area contributed by atoms with E-state index in [0.717, 1.165) is 71.2 Å². The summed E-state index contributed by atoms with van der Waals surface area (Å²) in [5.41, 5.74) is 0.354. The van der Waals surface area contributed by atoms with E-state index in [2.05, 4.69) is 20.1 Å². The Labute approximate surface area is 180 Å². The molecule has 0 bridgehead atoms. The van der Waals surface area contributed by atoms with Crippen molar-refractivity contribution in [3.63, 3.8) is 0 Å². The summed E-state index contributed by atoms with van der Waals surface area (Å²) in [6.07, 6.45) is 5.52. The molecule has 8 heteroatoms. The second-order valence-electron chi connectivity index (χ2n) is 8.23. The van der Waals surface area contributed by atoms with E-state index in [1.54, 1.807) is 4.90 Å². The zero-order chi connectivity index (χ0) is 18.6. The van der Waals surface area contributed by atoms with Crippen LogP contribution in [0.15, 0.2) is 4.99 Å². The van der Waals surface area contributed by atoms with Gasteiger partial charge in [-0.2, -0.15) is 0 Å². The van der Waals surface area contributed by atoms with Crippen LogP contribution >= 0.6 is 24.0 Å². The minimum atomic E-state index is 0. The molecule has 0 saturated carbocycles. The smallest absolute Gasteiger partial charge is 0.239 e. The number of hydrogen-bond acceptors (Lipinski definition) is 4. The number of ether oxygens (including phenoxy) is 1. The van der Waals surface area contributed by atoms with Crippen molar-refractivity contribution < 1.29 is 9.53 Å². The van der Waals surface area contributed by atoms with Gasteiger partial charge in [-0.3, -0.25) is 14.7 Å². The van der Waals surface area contributed by atoms with Crippen LogP contribution in [0.1, 0.15) is 32.1 Å². The lowest BCUT2D eigenvalue weighted by molar-refractivity contribution is -0.133. The summed E-state index contributed by atoms with van der Waals surface area (Å²) in [5, 5.41) is 3.52. The molecule has 3 saturated heterocycles. The number of likely N-dealkylation sites (N-methyl/N-ethyl adjacent to an activating group) is 1. The zero-order valence-corrected chi connectivity index (χ0v) is 19.4. The van der Waals surface area contributed by atoms with E-state index in [0.29, 0.717) is 5.41 Å². The van der Waals surface area contributed by atoms with Crippen LogP contribution in [0.4, 0.5) is 0 Å². The number of carbonyl (C=O) groups excluding carboxylic acids is 1. The summed E-state index contributed by atoms with van der Waals surface area (Å²) in [7, 11) is 5.57. The monoisotopic (exact) mass is 493 g/mol. The number of carbonyl (C=O) groups is 1. The molecule has 2 atom stereocenters. The fraction of sp³-hybridized carbons (Fsp3) is 0.895. The predicted molar refractivity (Wildman–Crippen MR) is 119 cm³/mol. The van der Waals surface area contributed by atoms with Crippen LogP contribution in [-0.4, -0.2) is 99.7 Å². The molecule has 0 aromatic rings. The molecule has 3 heterocycles. The summed E-state index contributed by atoms with van der Waals surface area (Å²) < 4.78 is 5.62. The van der Waals surface area contributed by atoms with Crippen molar-refractivity contribution in [2.45, 2.75) is 38.1 Å². The van der Waals surface area contributed by atoms with E-state index < -0.39 is 0 Å². The summed E-state index contributed by atoms with van der Waals surface area (Å²) in [4.78, 5) is 23.2. The highest BCUT2D eigenvalue weighted by Crippen LogP contribution is 2.38. The molecule has 27 heavy (non-hydrogen) atoms.